The van der Waals surface area contributed by atoms with Gasteiger partial charge in [-0.1, -0.05) is 0 Å². The van der Waals surface area contributed by atoms with E-state index in [4.69, 9.17) is 4.98 Å². The molecule has 2 fully saturated rings. The van der Waals surface area contributed by atoms with Gasteiger partial charge in [0.05, 0.1) is 11.1 Å². The van der Waals surface area contributed by atoms with Crippen molar-refractivity contribution in [1.29, 1.82) is 0 Å². The van der Waals surface area contributed by atoms with Crippen molar-refractivity contribution >= 4 is 29.3 Å². The van der Waals surface area contributed by atoms with Crippen molar-refractivity contribution in [2.24, 2.45) is 0 Å². The Labute approximate surface area is 209 Å². The molecular formula is C26H30N6O4. The number of ketones is 1. The lowest BCUT2D eigenvalue weighted by Crippen LogP contribution is -2.34. The van der Waals surface area contributed by atoms with E-state index in [9.17, 15) is 20.1 Å². The van der Waals surface area contributed by atoms with Crippen molar-refractivity contribution in [2.45, 2.75) is 38.5 Å². The number of anilines is 4. The minimum absolute atomic E-state index is 0.0152. The highest BCUT2D eigenvalue weighted by molar-refractivity contribution is 6.12. The van der Waals surface area contributed by atoms with Gasteiger partial charge in [-0.2, -0.15) is 15.0 Å². The Balaban J connectivity index is 1.41. The number of carbonyl (C=O) groups excluding carboxylic acids is 1. The van der Waals surface area contributed by atoms with Crippen LogP contribution in [0.4, 0.5) is 23.5 Å². The van der Waals surface area contributed by atoms with Crippen molar-refractivity contribution in [3.63, 3.8) is 0 Å². The molecule has 5 rings (SSSR count). The van der Waals surface area contributed by atoms with Gasteiger partial charge in [-0.3, -0.25) is 4.79 Å². The Morgan fingerprint density at radius 2 is 1.22 bits per heavy atom. The highest BCUT2D eigenvalue weighted by Crippen LogP contribution is 2.31. The van der Waals surface area contributed by atoms with Crippen LogP contribution in [0.3, 0.4) is 0 Å². The number of phenolic OH excluding ortho intramolecular Hbond substituents is 3. The molecule has 0 atom stereocenters. The van der Waals surface area contributed by atoms with Gasteiger partial charge in [0, 0.05) is 44.0 Å². The van der Waals surface area contributed by atoms with Crippen molar-refractivity contribution in [3.05, 3.63) is 47.5 Å². The van der Waals surface area contributed by atoms with Crippen LogP contribution >= 0.6 is 0 Å². The standard InChI is InChI=1S/C26H30N6O4/c33-18-8-10-20(22(35)16-18)23(36)19-9-7-17(15-21(19)34)27-24-28-25(31-11-3-1-4-12-31)30-26(29-24)32-13-5-2-6-14-32/h7-10,15-16,33-35H,1-6,11-14H2,(H,27,28,29,30). The van der Waals surface area contributed by atoms with Gasteiger partial charge in [0.15, 0.2) is 5.78 Å². The molecule has 1 aromatic heterocycles. The van der Waals surface area contributed by atoms with Gasteiger partial charge in [0.2, 0.25) is 17.8 Å². The van der Waals surface area contributed by atoms with Crippen molar-refractivity contribution in [2.75, 3.05) is 41.3 Å². The van der Waals surface area contributed by atoms with E-state index in [0.717, 1.165) is 57.9 Å². The molecule has 2 saturated heterocycles. The minimum Gasteiger partial charge on any atom is -0.508 e. The molecule has 36 heavy (non-hydrogen) atoms. The van der Waals surface area contributed by atoms with E-state index in [1.54, 1.807) is 6.07 Å². The highest BCUT2D eigenvalue weighted by Gasteiger charge is 2.21. The largest absolute Gasteiger partial charge is 0.508 e. The lowest BCUT2D eigenvalue weighted by atomic mass is 10.0. The van der Waals surface area contributed by atoms with Crippen LogP contribution in [0, 0.1) is 0 Å². The summed E-state index contributed by atoms with van der Waals surface area (Å²) in [5.74, 6) is 0.342. The second-order valence-electron chi connectivity index (χ2n) is 9.24. The monoisotopic (exact) mass is 490 g/mol. The smallest absolute Gasteiger partial charge is 0.233 e. The fourth-order valence-electron chi connectivity index (χ4n) is 4.67. The zero-order chi connectivity index (χ0) is 25.1. The molecule has 0 spiro atoms. The van der Waals surface area contributed by atoms with Crippen molar-refractivity contribution in [1.82, 2.24) is 15.0 Å². The molecule has 0 amide bonds. The van der Waals surface area contributed by atoms with Crippen LogP contribution in [0.5, 0.6) is 17.2 Å². The number of phenols is 3. The number of benzene rings is 2. The first-order valence-electron chi connectivity index (χ1n) is 12.4. The Kier molecular flexibility index (Phi) is 6.75. The van der Waals surface area contributed by atoms with E-state index in [2.05, 4.69) is 25.1 Å². The summed E-state index contributed by atoms with van der Waals surface area (Å²) in [5, 5.41) is 33.3. The summed E-state index contributed by atoms with van der Waals surface area (Å²) in [6.07, 6.45) is 6.83. The SMILES string of the molecule is O=C(c1ccc(O)cc1O)c1ccc(Nc2nc(N3CCCCC3)nc(N3CCCCC3)n2)cc1O. The van der Waals surface area contributed by atoms with Crippen molar-refractivity contribution in [3.8, 4) is 17.2 Å². The maximum absolute atomic E-state index is 12.8. The van der Waals surface area contributed by atoms with E-state index >= 15 is 0 Å². The van der Waals surface area contributed by atoms with Crippen LogP contribution in [-0.2, 0) is 0 Å². The third kappa shape index (κ3) is 5.12. The number of aromatic nitrogens is 3. The molecule has 0 bridgehead atoms. The fourth-order valence-corrected chi connectivity index (χ4v) is 4.67. The minimum atomic E-state index is -0.559. The molecular weight excluding hydrogens is 460 g/mol. The summed E-state index contributed by atoms with van der Waals surface area (Å²) >= 11 is 0. The zero-order valence-electron chi connectivity index (χ0n) is 20.0. The molecule has 4 N–H and O–H groups in total. The number of rotatable bonds is 6. The van der Waals surface area contributed by atoms with Gasteiger partial charge in [-0.25, -0.2) is 0 Å². The summed E-state index contributed by atoms with van der Waals surface area (Å²) in [5.41, 5.74) is 0.526. The summed E-state index contributed by atoms with van der Waals surface area (Å²) in [4.78, 5) is 31.3. The van der Waals surface area contributed by atoms with E-state index in [1.807, 2.05) is 0 Å². The highest BCUT2D eigenvalue weighted by atomic mass is 16.3. The number of piperidine rings is 2. The van der Waals surface area contributed by atoms with Crippen LogP contribution in [0.2, 0.25) is 0 Å². The molecule has 2 aliphatic heterocycles. The Hall–Kier alpha value is -4.08. The molecule has 188 valence electrons. The third-order valence-corrected chi connectivity index (χ3v) is 6.61. The molecule has 3 heterocycles. The first kappa shape index (κ1) is 23.7. The van der Waals surface area contributed by atoms with Crippen LogP contribution < -0.4 is 15.1 Å². The predicted molar refractivity (Wildman–Crippen MR) is 137 cm³/mol. The number of aromatic hydroxyl groups is 3. The summed E-state index contributed by atoms with van der Waals surface area (Å²) < 4.78 is 0. The first-order chi connectivity index (χ1) is 17.5. The number of hydrogen-bond acceptors (Lipinski definition) is 10. The van der Waals surface area contributed by atoms with E-state index in [1.165, 1.54) is 37.1 Å². The average Bonchev–Trinajstić information content (AvgIpc) is 2.89. The molecule has 0 radical (unpaired) electrons. The van der Waals surface area contributed by atoms with Gasteiger partial charge in [0.1, 0.15) is 17.2 Å². The second-order valence-corrected chi connectivity index (χ2v) is 9.24. The lowest BCUT2D eigenvalue weighted by molar-refractivity contribution is 0.103. The summed E-state index contributed by atoms with van der Waals surface area (Å²) in [6.45, 7) is 3.63. The molecule has 0 unspecified atom stereocenters. The van der Waals surface area contributed by atoms with Crippen LogP contribution in [0.1, 0.15) is 54.4 Å². The van der Waals surface area contributed by atoms with Crippen LogP contribution in [0.15, 0.2) is 36.4 Å². The molecule has 10 heteroatoms. The first-order valence-corrected chi connectivity index (χ1v) is 12.4. The maximum Gasteiger partial charge on any atom is 0.233 e. The maximum atomic E-state index is 12.8. The molecule has 0 aliphatic carbocycles. The summed E-state index contributed by atoms with van der Waals surface area (Å²) in [6, 6.07) is 8.25. The van der Waals surface area contributed by atoms with E-state index < -0.39 is 5.78 Å². The molecule has 2 aromatic carbocycles. The third-order valence-electron chi connectivity index (χ3n) is 6.61. The van der Waals surface area contributed by atoms with Gasteiger partial charge in [0.25, 0.3) is 0 Å². The predicted octanol–water partition coefficient (Wildman–Crippen LogP) is 3.94. The second kappa shape index (κ2) is 10.3. The van der Waals surface area contributed by atoms with Gasteiger partial charge in [-0.15, -0.1) is 0 Å². The van der Waals surface area contributed by atoms with Crippen LogP contribution in [0.25, 0.3) is 0 Å². The summed E-state index contributed by atoms with van der Waals surface area (Å²) in [7, 11) is 0. The Bertz CT molecular complexity index is 1220. The average molecular weight is 491 g/mol. The molecule has 0 saturated carbocycles. The quantitative estimate of drug-likeness (QED) is 0.376. The van der Waals surface area contributed by atoms with Crippen LogP contribution in [-0.4, -0.2) is 62.2 Å². The Morgan fingerprint density at radius 1 is 0.694 bits per heavy atom. The van der Waals surface area contributed by atoms with E-state index in [-0.39, 0.29) is 28.4 Å². The van der Waals surface area contributed by atoms with Gasteiger partial charge in [-0.05, 0) is 62.8 Å². The Morgan fingerprint density at radius 3 is 1.75 bits per heavy atom. The van der Waals surface area contributed by atoms with Crippen molar-refractivity contribution < 1.29 is 20.1 Å². The van der Waals surface area contributed by atoms with E-state index in [0.29, 0.717) is 23.5 Å². The molecule has 10 nitrogen and oxygen atoms in total. The normalized spacial score (nSPS) is 16.1. The number of nitrogens with zero attached hydrogens (tertiary/aromatic N) is 5. The number of carbonyl (C=O) groups is 1. The topological polar surface area (TPSA) is 135 Å². The molecule has 3 aromatic rings. The molecule has 2 aliphatic rings. The number of nitrogens with one attached hydrogen (secondary N) is 1. The zero-order valence-corrected chi connectivity index (χ0v) is 20.0. The fraction of sp³-hybridized carbons (Fsp3) is 0.385. The lowest BCUT2D eigenvalue weighted by Gasteiger charge is -2.30. The van der Waals surface area contributed by atoms with Gasteiger partial charge >= 0.3 is 0 Å². The van der Waals surface area contributed by atoms with Gasteiger partial charge < -0.3 is 30.4 Å². The number of hydrogen-bond donors (Lipinski definition) is 4.